The molecule has 0 aromatic carbocycles. The first-order valence-electron chi connectivity index (χ1n) is 6.78. The van der Waals surface area contributed by atoms with Crippen LogP contribution in [-0.2, 0) is 17.9 Å². The van der Waals surface area contributed by atoms with E-state index in [1.54, 1.807) is 18.5 Å². The first kappa shape index (κ1) is 14.4. The number of ether oxygens (including phenoxy) is 1. The second kappa shape index (κ2) is 6.92. The minimum atomic E-state index is -0.735. The Morgan fingerprint density at radius 2 is 2.23 bits per heavy atom. The molecule has 0 bridgehead atoms. The maximum atomic E-state index is 10.0. The maximum absolute atomic E-state index is 10.0. The summed E-state index contributed by atoms with van der Waals surface area (Å²) in [5.74, 6) is 1.22. The number of hydrogen-bond donors (Lipinski definition) is 1. The van der Waals surface area contributed by atoms with Gasteiger partial charge in [-0.15, -0.1) is 5.10 Å². The van der Waals surface area contributed by atoms with Crippen LogP contribution in [0.5, 0.6) is 0 Å². The van der Waals surface area contributed by atoms with Crippen molar-refractivity contribution in [3.05, 3.63) is 48.6 Å². The summed E-state index contributed by atoms with van der Waals surface area (Å²) in [7, 11) is 0. The van der Waals surface area contributed by atoms with Crippen LogP contribution >= 0.6 is 0 Å². The van der Waals surface area contributed by atoms with Crippen LogP contribution in [0.2, 0.25) is 0 Å². The Morgan fingerprint density at radius 3 is 3.00 bits per heavy atom. The summed E-state index contributed by atoms with van der Waals surface area (Å²) in [6.45, 7) is 0.687. The number of hydrogen-bond acceptors (Lipinski definition) is 7. The molecule has 0 aliphatic heterocycles. The van der Waals surface area contributed by atoms with Crippen molar-refractivity contribution in [3.8, 4) is 11.5 Å². The van der Waals surface area contributed by atoms with Crippen molar-refractivity contribution in [3.63, 3.8) is 0 Å². The van der Waals surface area contributed by atoms with Gasteiger partial charge in [-0.3, -0.25) is 4.98 Å². The van der Waals surface area contributed by atoms with Gasteiger partial charge in [-0.05, 0) is 34.7 Å². The largest absolute Gasteiger partial charge is 0.467 e. The van der Waals surface area contributed by atoms with Crippen LogP contribution < -0.4 is 0 Å². The summed E-state index contributed by atoms with van der Waals surface area (Å²) < 4.78 is 12.0. The highest BCUT2D eigenvalue weighted by Crippen LogP contribution is 2.12. The molecule has 1 atom stereocenters. The van der Waals surface area contributed by atoms with Crippen molar-refractivity contribution >= 4 is 0 Å². The molecule has 0 saturated heterocycles. The molecule has 3 heterocycles. The topological polar surface area (TPSA) is 99.1 Å². The Kier molecular flexibility index (Phi) is 4.52. The third-order valence-electron chi connectivity index (χ3n) is 2.94. The SMILES string of the molecule is O[C@H](COCc1ccco1)Cn1nnnc1-c1ccccn1. The van der Waals surface area contributed by atoms with Crippen molar-refractivity contribution in [1.29, 1.82) is 0 Å². The van der Waals surface area contributed by atoms with Crippen molar-refractivity contribution < 1.29 is 14.3 Å². The van der Waals surface area contributed by atoms with Gasteiger partial charge in [0.15, 0.2) is 0 Å². The molecule has 114 valence electrons. The molecule has 22 heavy (non-hydrogen) atoms. The summed E-state index contributed by atoms with van der Waals surface area (Å²) in [4.78, 5) is 4.20. The zero-order valence-electron chi connectivity index (χ0n) is 11.7. The molecule has 3 rings (SSSR count). The van der Waals surface area contributed by atoms with Crippen LogP contribution in [0.3, 0.4) is 0 Å². The summed E-state index contributed by atoms with van der Waals surface area (Å²) in [6, 6.07) is 9.07. The average Bonchev–Trinajstić information content (AvgIpc) is 3.20. The minimum Gasteiger partial charge on any atom is -0.467 e. The molecule has 3 aromatic rings. The van der Waals surface area contributed by atoms with Crippen molar-refractivity contribution in [2.45, 2.75) is 19.3 Å². The highest BCUT2D eigenvalue weighted by Gasteiger charge is 2.14. The molecule has 0 spiro atoms. The van der Waals surface area contributed by atoms with Gasteiger partial charge in [-0.2, -0.15) is 0 Å². The van der Waals surface area contributed by atoms with Gasteiger partial charge in [0, 0.05) is 6.20 Å². The van der Waals surface area contributed by atoms with Gasteiger partial charge >= 0.3 is 0 Å². The Balaban J connectivity index is 1.56. The number of nitrogens with zero attached hydrogens (tertiary/aromatic N) is 5. The lowest BCUT2D eigenvalue weighted by molar-refractivity contribution is 0.0131. The summed E-state index contributed by atoms with van der Waals surface area (Å²) in [6.07, 6.45) is 2.51. The fourth-order valence-corrected chi connectivity index (χ4v) is 1.95. The van der Waals surface area contributed by atoms with E-state index in [2.05, 4.69) is 20.5 Å². The van der Waals surface area contributed by atoms with E-state index >= 15 is 0 Å². The average molecular weight is 301 g/mol. The van der Waals surface area contributed by atoms with Gasteiger partial charge in [-0.1, -0.05) is 6.07 Å². The van der Waals surface area contributed by atoms with E-state index in [-0.39, 0.29) is 13.2 Å². The van der Waals surface area contributed by atoms with E-state index in [1.807, 2.05) is 24.3 Å². The molecule has 8 heteroatoms. The molecular weight excluding hydrogens is 286 g/mol. The second-order valence-electron chi connectivity index (χ2n) is 4.65. The normalized spacial score (nSPS) is 12.4. The fraction of sp³-hybridized carbons (Fsp3) is 0.286. The third-order valence-corrected chi connectivity index (χ3v) is 2.94. The van der Waals surface area contributed by atoms with E-state index in [1.165, 1.54) is 4.68 Å². The molecule has 0 radical (unpaired) electrons. The summed E-state index contributed by atoms with van der Waals surface area (Å²) in [5, 5.41) is 21.5. The molecule has 8 nitrogen and oxygen atoms in total. The van der Waals surface area contributed by atoms with Gasteiger partial charge in [0.2, 0.25) is 5.82 Å². The number of rotatable bonds is 7. The van der Waals surface area contributed by atoms with E-state index in [9.17, 15) is 5.11 Å². The minimum absolute atomic E-state index is 0.155. The van der Waals surface area contributed by atoms with Crippen LogP contribution in [0.1, 0.15) is 5.76 Å². The van der Waals surface area contributed by atoms with Crippen LogP contribution in [-0.4, -0.2) is 43.0 Å². The first-order chi connectivity index (χ1) is 10.8. The van der Waals surface area contributed by atoms with Gasteiger partial charge in [0.25, 0.3) is 0 Å². The molecule has 0 unspecified atom stereocenters. The molecule has 0 saturated carbocycles. The zero-order chi connectivity index (χ0) is 15.2. The van der Waals surface area contributed by atoms with Crippen molar-refractivity contribution in [2.75, 3.05) is 6.61 Å². The van der Waals surface area contributed by atoms with Gasteiger partial charge in [0.1, 0.15) is 18.1 Å². The number of pyridine rings is 1. The quantitative estimate of drug-likeness (QED) is 0.692. The molecular formula is C14H15N5O3. The second-order valence-corrected chi connectivity index (χ2v) is 4.65. The zero-order valence-corrected chi connectivity index (χ0v) is 11.7. The molecule has 0 fully saturated rings. The number of furan rings is 1. The molecule has 3 aromatic heterocycles. The standard InChI is InChI=1S/C14H15N5O3/c20-11(9-21-10-12-4-3-7-22-12)8-19-14(16-17-18-19)13-5-1-2-6-15-13/h1-7,11,20H,8-10H2/t11-/m0/s1. The van der Waals surface area contributed by atoms with Gasteiger partial charge < -0.3 is 14.3 Å². The van der Waals surface area contributed by atoms with Crippen LogP contribution in [0.15, 0.2) is 47.2 Å². The first-order valence-corrected chi connectivity index (χ1v) is 6.78. The molecule has 1 N–H and O–H groups in total. The van der Waals surface area contributed by atoms with Gasteiger partial charge in [-0.25, -0.2) is 4.68 Å². The van der Waals surface area contributed by atoms with Gasteiger partial charge in [0.05, 0.1) is 25.5 Å². The van der Waals surface area contributed by atoms with E-state index in [0.717, 1.165) is 0 Å². The van der Waals surface area contributed by atoms with E-state index in [4.69, 9.17) is 9.15 Å². The monoisotopic (exact) mass is 301 g/mol. The lowest BCUT2D eigenvalue weighted by atomic mass is 10.3. The lowest BCUT2D eigenvalue weighted by Gasteiger charge is -2.11. The predicted octanol–water partition coefficient (Wildman–Crippen LogP) is 0.906. The third kappa shape index (κ3) is 3.54. The highest BCUT2D eigenvalue weighted by molar-refractivity contribution is 5.47. The smallest absolute Gasteiger partial charge is 0.200 e. The number of aliphatic hydroxyl groups excluding tert-OH is 1. The number of aliphatic hydroxyl groups is 1. The van der Waals surface area contributed by atoms with Crippen LogP contribution in [0.4, 0.5) is 0 Å². The summed E-state index contributed by atoms with van der Waals surface area (Å²) in [5.41, 5.74) is 0.649. The van der Waals surface area contributed by atoms with E-state index < -0.39 is 6.10 Å². The van der Waals surface area contributed by atoms with Crippen LogP contribution in [0.25, 0.3) is 11.5 Å². The summed E-state index contributed by atoms with van der Waals surface area (Å²) >= 11 is 0. The molecule has 0 aliphatic rings. The predicted molar refractivity (Wildman–Crippen MR) is 75.4 cm³/mol. The van der Waals surface area contributed by atoms with Crippen molar-refractivity contribution in [2.24, 2.45) is 0 Å². The Hall–Kier alpha value is -2.58. The number of aromatic nitrogens is 5. The molecule has 0 amide bonds. The lowest BCUT2D eigenvalue weighted by Crippen LogP contribution is -2.23. The van der Waals surface area contributed by atoms with E-state index in [0.29, 0.717) is 23.9 Å². The molecule has 0 aliphatic carbocycles. The number of tetrazole rings is 1. The van der Waals surface area contributed by atoms with Crippen molar-refractivity contribution in [1.82, 2.24) is 25.2 Å². The Morgan fingerprint density at radius 1 is 1.27 bits per heavy atom. The highest BCUT2D eigenvalue weighted by atomic mass is 16.5. The maximum Gasteiger partial charge on any atom is 0.200 e. The Bertz CT molecular complexity index is 684. The Labute approximate surface area is 126 Å². The van der Waals surface area contributed by atoms with Crippen LogP contribution in [0, 0.1) is 0 Å². The fourth-order valence-electron chi connectivity index (χ4n) is 1.95.